The van der Waals surface area contributed by atoms with Crippen molar-refractivity contribution < 1.29 is 14.3 Å². The van der Waals surface area contributed by atoms with Crippen LogP contribution in [0.2, 0.25) is 5.02 Å². The fraction of sp³-hybridized carbons (Fsp3) is 0.316. The molecular weight excluding hydrogens is 420 g/mol. The van der Waals surface area contributed by atoms with Crippen molar-refractivity contribution >= 4 is 39.2 Å². The molecule has 2 amide bonds. The number of anilines is 1. The number of urea groups is 1. The van der Waals surface area contributed by atoms with E-state index in [0.29, 0.717) is 28.6 Å². The SMILES string of the molecule is COc1cc(Br)cc2c1O[C@]1(C)C[C@@H]2NC(=O)N1c1ccc(C)c(Cl)c1. The fourth-order valence-electron chi connectivity index (χ4n) is 3.66. The van der Waals surface area contributed by atoms with E-state index >= 15 is 0 Å². The summed E-state index contributed by atoms with van der Waals surface area (Å²) in [6, 6.07) is 9.02. The van der Waals surface area contributed by atoms with E-state index in [1.807, 2.05) is 38.1 Å². The molecule has 136 valence electrons. The van der Waals surface area contributed by atoms with Gasteiger partial charge in [0.15, 0.2) is 17.2 Å². The van der Waals surface area contributed by atoms with E-state index in [0.717, 1.165) is 15.6 Å². The minimum atomic E-state index is -0.848. The number of methoxy groups -OCH3 is 1. The number of ether oxygens (including phenoxy) is 2. The first-order chi connectivity index (χ1) is 12.3. The molecule has 2 aliphatic heterocycles. The molecule has 4 rings (SSSR count). The number of aryl methyl sites for hydroxylation is 1. The number of hydrogen-bond donors (Lipinski definition) is 1. The maximum atomic E-state index is 12.9. The molecule has 1 N–H and O–H groups in total. The Morgan fingerprint density at radius 2 is 2.15 bits per heavy atom. The molecule has 5 nitrogen and oxygen atoms in total. The Labute approximate surface area is 165 Å². The molecule has 0 radical (unpaired) electrons. The van der Waals surface area contributed by atoms with Crippen LogP contribution in [0.4, 0.5) is 10.5 Å². The topological polar surface area (TPSA) is 50.8 Å². The van der Waals surface area contributed by atoms with Crippen LogP contribution >= 0.6 is 27.5 Å². The summed E-state index contributed by atoms with van der Waals surface area (Å²) >= 11 is 9.77. The molecule has 1 saturated heterocycles. The smallest absolute Gasteiger partial charge is 0.325 e. The van der Waals surface area contributed by atoms with Crippen LogP contribution < -0.4 is 19.7 Å². The lowest BCUT2D eigenvalue weighted by molar-refractivity contribution is 0.0349. The largest absolute Gasteiger partial charge is 0.493 e. The highest BCUT2D eigenvalue weighted by molar-refractivity contribution is 9.10. The monoisotopic (exact) mass is 436 g/mol. The molecule has 0 saturated carbocycles. The number of halogens is 2. The summed E-state index contributed by atoms with van der Waals surface area (Å²) in [7, 11) is 1.61. The molecule has 0 aliphatic carbocycles. The minimum Gasteiger partial charge on any atom is -0.493 e. The van der Waals surface area contributed by atoms with Crippen LogP contribution in [0.15, 0.2) is 34.8 Å². The maximum absolute atomic E-state index is 12.9. The summed E-state index contributed by atoms with van der Waals surface area (Å²) in [5.74, 6) is 1.28. The lowest BCUT2D eigenvalue weighted by atomic mass is 9.90. The molecule has 0 unspecified atom stereocenters. The molecule has 2 aromatic rings. The van der Waals surface area contributed by atoms with E-state index in [2.05, 4.69) is 21.2 Å². The van der Waals surface area contributed by atoms with Crippen molar-refractivity contribution in [1.82, 2.24) is 5.32 Å². The van der Waals surface area contributed by atoms with E-state index in [4.69, 9.17) is 21.1 Å². The number of rotatable bonds is 2. The molecule has 1 fully saturated rings. The Morgan fingerprint density at radius 1 is 1.38 bits per heavy atom. The van der Waals surface area contributed by atoms with E-state index in [1.165, 1.54) is 0 Å². The third-order valence-electron chi connectivity index (χ3n) is 4.94. The van der Waals surface area contributed by atoms with Crippen molar-refractivity contribution in [2.45, 2.75) is 32.0 Å². The number of nitrogens with one attached hydrogen (secondary N) is 1. The molecule has 0 aromatic heterocycles. The molecule has 26 heavy (non-hydrogen) atoms. The first kappa shape index (κ1) is 17.5. The molecule has 2 heterocycles. The zero-order valence-corrected chi connectivity index (χ0v) is 16.9. The second-order valence-corrected chi connectivity index (χ2v) is 8.10. The number of nitrogens with zero attached hydrogens (tertiary/aromatic N) is 1. The Balaban J connectivity index is 1.83. The lowest BCUT2D eigenvalue weighted by Gasteiger charge is -2.50. The second kappa shape index (κ2) is 6.06. The average Bonchev–Trinajstić information content (AvgIpc) is 2.57. The molecule has 2 aliphatic rings. The number of amides is 2. The van der Waals surface area contributed by atoms with Crippen molar-refractivity contribution in [2.24, 2.45) is 0 Å². The third-order valence-corrected chi connectivity index (χ3v) is 5.80. The van der Waals surface area contributed by atoms with Crippen LogP contribution in [0.5, 0.6) is 11.5 Å². The van der Waals surface area contributed by atoms with E-state index in [-0.39, 0.29) is 12.1 Å². The normalized spacial score (nSPS) is 23.8. The number of fused-ring (bicyclic) bond motifs is 4. The average molecular weight is 438 g/mol. The van der Waals surface area contributed by atoms with Gasteiger partial charge in [0.1, 0.15) is 0 Å². The van der Waals surface area contributed by atoms with Crippen molar-refractivity contribution in [3.63, 3.8) is 0 Å². The quantitative estimate of drug-likeness (QED) is 0.703. The minimum absolute atomic E-state index is 0.153. The second-order valence-electron chi connectivity index (χ2n) is 6.78. The van der Waals surface area contributed by atoms with E-state index in [1.54, 1.807) is 18.1 Å². The van der Waals surface area contributed by atoms with Gasteiger partial charge in [-0.05, 0) is 43.7 Å². The fourth-order valence-corrected chi connectivity index (χ4v) is 4.29. The van der Waals surface area contributed by atoms with Crippen molar-refractivity contribution in [3.05, 3.63) is 51.0 Å². The van der Waals surface area contributed by atoms with Gasteiger partial charge in [-0.25, -0.2) is 4.79 Å². The Bertz CT molecular complexity index is 920. The van der Waals surface area contributed by atoms with Crippen LogP contribution in [-0.4, -0.2) is 18.9 Å². The predicted molar refractivity (Wildman–Crippen MR) is 104 cm³/mol. The van der Waals surface area contributed by atoms with E-state index < -0.39 is 5.72 Å². The summed E-state index contributed by atoms with van der Waals surface area (Å²) in [5, 5.41) is 3.69. The standard InChI is InChI=1S/C19H18BrClN2O3/c1-10-4-5-12(8-14(10)21)23-18(24)22-15-9-19(23,2)26-17-13(15)6-11(20)7-16(17)25-3/h4-8,15H,9H2,1-3H3,(H,22,24)/t15-,19+/m0/s1. The zero-order valence-electron chi connectivity index (χ0n) is 14.6. The summed E-state index contributed by atoms with van der Waals surface area (Å²) < 4.78 is 12.7. The van der Waals surface area contributed by atoms with Crippen molar-refractivity contribution in [1.29, 1.82) is 0 Å². The molecular formula is C19H18BrClN2O3. The van der Waals surface area contributed by atoms with Gasteiger partial charge in [-0.15, -0.1) is 0 Å². The molecule has 2 bridgehead atoms. The molecule has 7 heteroatoms. The van der Waals surface area contributed by atoms with E-state index in [9.17, 15) is 4.79 Å². The van der Waals surface area contributed by atoms with Gasteiger partial charge >= 0.3 is 6.03 Å². The Hall–Kier alpha value is -1.92. The highest BCUT2D eigenvalue weighted by Gasteiger charge is 2.50. The van der Waals surface area contributed by atoms with Crippen LogP contribution in [0.3, 0.4) is 0 Å². The van der Waals surface area contributed by atoms with Crippen LogP contribution in [0, 0.1) is 6.92 Å². The van der Waals surface area contributed by atoms with Gasteiger partial charge in [-0.1, -0.05) is 33.6 Å². The maximum Gasteiger partial charge on any atom is 0.325 e. The number of hydrogen-bond acceptors (Lipinski definition) is 3. The van der Waals surface area contributed by atoms with Gasteiger partial charge in [0, 0.05) is 21.5 Å². The summed E-state index contributed by atoms with van der Waals surface area (Å²) in [4.78, 5) is 14.5. The highest BCUT2D eigenvalue weighted by Crippen LogP contribution is 2.50. The molecule has 0 spiro atoms. The van der Waals surface area contributed by atoms with Crippen molar-refractivity contribution in [3.8, 4) is 11.5 Å². The summed E-state index contributed by atoms with van der Waals surface area (Å²) in [6.07, 6.45) is 0.608. The van der Waals surface area contributed by atoms with Crippen LogP contribution in [0.25, 0.3) is 0 Å². The van der Waals surface area contributed by atoms with Gasteiger partial charge in [0.25, 0.3) is 0 Å². The van der Waals surface area contributed by atoms with Gasteiger partial charge in [0.05, 0.1) is 18.8 Å². The third kappa shape index (κ3) is 2.63. The first-order valence-electron chi connectivity index (χ1n) is 8.26. The predicted octanol–water partition coefficient (Wildman–Crippen LogP) is 5.19. The highest BCUT2D eigenvalue weighted by atomic mass is 79.9. The Morgan fingerprint density at radius 3 is 2.85 bits per heavy atom. The lowest BCUT2D eigenvalue weighted by Crippen LogP contribution is -2.65. The summed E-state index contributed by atoms with van der Waals surface area (Å²) in [5.41, 5.74) is 1.71. The molecule has 2 atom stereocenters. The van der Waals surface area contributed by atoms with Gasteiger partial charge < -0.3 is 14.8 Å². The van der Waals surface area contributed by atoms with Crippen LogP contribution in [0.1, 0.15) is 30.5 Å². The first-order valence-corrected chi connectivity index (χ1v) is 9.43. The van der Waals surface area contributed by atoms with Crippen LogP contribution in [-0.2, 0) is 0 Å². The van der Waals surface area contributed by atoms with Gasteiger partial charge in [-0.2, -0.15) is 0 Å². The number of carbonyl (C=O) groups excluding carboxylic acids is 1. The zero-order chi connectivity index (χ0) is 18.6. The van der Waals surface area contributed by atoms with Crippen molar-refractivity contribution in [2.75, 3.05) is 12.0 Å². The van der Waals surface area contributed by atoms with Gasteiger partial charge in [-0.3, -0.25) is 4.90 Å². The Kier molecular flexibility index (Phi) is 4.08. The van der Waals surface area contributed by atoms with Gasteiger partial charge in [0.2, 0.25) is 0 Å². The number of benzene rings is 2. The number of carbonyl (C=O) groups is 1. The summed E-state index contributed by atoms with van der Waals surface area (Å²) in [6.45, 7) is 3.84. The molecule has 2 aromatic carbocycles.